The van der Waals surface area contributed by atoms with Crippen LogP contribution in [0.2, 0.25) is 0 Å². The number of nitrogens with zero attached hydrogens (tertiary/aromatic N) is 2. The predicted molar refractivity (Wildman–Crippen MR) is 65.3 cm³/mol. The molecule has 0 aromatic heterocycles. The van der Waals surface area contributed by atoms with E-state index in [1.807, 2.05) is 31.9 Å². The Morgan fingerprint density at radius 1 is 1.29 bits per heavy atom. The van der Waals surface area contributed by atoms with E-state index in [1.165, 1.54) is 4.90 Å². The maximum Gasteiger partial charge on any atom is 0.302 e. The van der Waals surface area contributed by atoms with Gasteiger partial charge in [0.1, 0.15) is 5.76 Å². The van der Waals surface area contributed by atoms with Gasteiger partial charge in [-0.15, -0.1) is 0 Å². The van der Waals surface area contributed by atoms with Crippen molar-refractivity contribution < 1.29 is 14.3 Å². The third-order valence-electron chi connectivity index (χ3n) is 2.56. The highest BCUT2D eigenvalue weighted by Gasteiger charge is 2.38. The van der Waals surface area contributed by atoms with E-state index in [9.17, 15) is 4.79 Å². The summed E-state index contributed by atoms with van der Waals surface area (Å²) in [7, 11) is 0. The van der Waals surface area contributed by atoms with Crippen molar-refractivity contribution in [2.24, 2.45) is 0 Å². The third kappa shape index (κ3) is 1.88. The van der Waals surface area contributed by atoms with E-state index in [1.54, 1.807) is 0 Å². The molecule has 0 radical (unpaired) electrons. The lowest BCUT2D eigenvalue weighted by Gasteiger charge is -2.13. The van der Waals surface area contributed by atoms with Crippen LogP contribution < -0.4 is 0 Å². The number of allylic oxidation sites excluding steroid dienone is 1. The first-order valence-electron chi connectivity index (χ1n) is 5.49. The van der Waals surface area contributed by atoms with Gasteiger partial charge in [-0.3, -0.25) is 9.69 Å². The van der Waals surface area contributed by atoms with Gasteiger partial charge in [0.2, 0.25) is 5.88 Å². The van der Waals surface area contributed by atoms with Crippen molar-refractivity contribution in [2.75, 3.05) is 13.1 Å². The van der Waals surface area contributed by atoms with Crippen LogP contribution in [0.5, 0.6) is 0 Å². The summed E-state index contributed by atoms with van der Waals surface area (Å²) >= 11 is 4.99. The van der Waals surface area contributed by atoms with Crippen molar-refractivity contribution >= 4 is 23.3 Å². The first-order valence-corrected chi connectivity index (χ1v) is 5.90. The molecule has 6 heteroatoms. The van der Waals surface area contributed by atoms with Crippen molar-refractivity contribution in [1.82, 2.24) is 9.80 Å². The second kappa shape index (κ2) is 4.37. The molecule has 1 fully saturated rings. The normalized spacial score (nSPS) is 24.1. The molecule has 2 aliphatic heterocycles. The fourth-order valence-electron chi connectivity index (χ4n) is 1.73. The first kappa shape index (κ1) is 11.9. The van der Waals surface area contributed by atoms with Crippen LogP contribution in [0.4, 0.5) is 0 Å². The molecule has 0 saturated carbocycles. The molecule has 0 aliphatic carbocycles. The third-order valence-corrected chi connectivity index (χ3v) is 2.86. The van der Waals surface area contributed by atoms with Gasteiger partial charge in [-0.25, -0.2) is 0 Å². The van der Waals surface area contributed by atoms with Gasteiger partial charge >= 0.3 is 5.91 Å². The number of hydrogen-bond donors (Lipinski definition) is 0. The van der Waals surface area contributed by atoms with E-state index in [-0.39, 0.29) is 16.8 Å². The molecule has 0 aromatic rings. The second-order valence-corrected chi connectivity index (χ2v) is 4.03. The van der Waals surface area contributed by atoms with Gasteiger partial charge in [0, 0.05) is 19.3 Å². The van der Waals surface area contributed by atoms with Gasteiger partial charge in [0.05, 0.1) is 0 Å². The van der Waals surface area contributed by atoms with E-state index in [2.05, 4.69) is 0 Å². The lowest BCUT2D eigenvalue weighted by Crippen LogP contribution is -2.28. The second-order valence-electron chi connectivity index (χ2n) is 3.68. The number of carbonyl (C=O) groups excluding carboxylic acids is 1. The molecule has 0 N–H and O–H groups in total. The van der Waals surface area contributed by atoms with Crippen LogP contribution in [-0.2, 0) is 14.3 Å². The van der Waals surface area contributed by atoms with Crippen LogP contribution in [0.25, 0.3) is 0 Å². The SMILES string of the molecule is CCN1C(=O)/C(=C2/OC(C)=CN2CC)OC1=S. The zero-order valence-electron chi connectivity index (χ0n) is 10.0. The number of carbonyl (C=O) groups is 1. The van der Waals surface area contributed by atoms with Crippen LogP contribution in [0, 0.1) is 0 Å². The quantitative estimate of drug-likeness (QED) is 0.552. The average molecular weight is 254 g/mol. The van der Waals surface area contributed by atoms with E-state index >= 15 is 0 Å². The molecular formula is C11H14N2O3S. The lowest BCUT2D eigenvalue weighted by atomic mass is 10.4. The Balaban J connectivity index is 2.35. The Morgan fingerprint density at radius 3 is 2.53 bits per heavy atom. The topological polar surface area (TPSA) is 42.0 Å². The first-order chi connectivity index (χ1) is 8.08. The van der Waals surface area contributed by atoms with Crippen molar-refractivity contribution in [3.63, 3.8) is 0 Å². The summed E-state index contributed by atoms with van der Waals surface area (Å²) in [5.74, 6) is 1.08. The zero-order valence-corrected chi connectivity index (χ0v) is 10.8. The van der Waals surface area contributed by atoms with E-state index in [0.29, 0.717) is 19.0 Å². The van der Waals surface area contributed by atoms with Crippen LogP contribution in [-0.4, -0.2) is 34.0 Å². The van der Waals surface area contributed by atoms with Gasteiger partial charge in [-0.2, -0.15) is 0 Å². The summed E-state index contributed by atoms with van der Waals surface area (Å²) < 4.78 is 10.8. The van der Waals surface area contributed by atoms with Crippen LogP contribution >= 0.6 is 12.2 Å². The maximum absolute atomic E-state index is 12.0. The van der Waals surface area contributed by atoms with E-state index in [4.69, 9.17) is 21.7 Å². The summed E-state index contributed by atoms with van der Waals surface area (Å²) in [4.78, 5) is 15.3. The highest BCUT2D eigenvalue weighted by molar-refractivity contribution is 7.80. The van der Waals surface area contributed by atoms with E-state index < -0.39 is 0 Å². The minimum Gasteiger partial charge on any atom is -0.440 e. The van der Waals surface area contributed by atoms with E-state index in [0.717, 1.165) is 5.76 Å². The summed E-state index contributed by atoms with van der Waals surface area (Å²) in [6, 6.07) is 0. The van der Waals surface area contributed by atoms with Gasteiger partial charge in [-0.05, 0) is 33.0 Å². The predicted octanol–water partition coefficient (Wildman–Crippen LogP) is 1.53. The molecule has 0 unspecified atom stereocenters. The molecule has 1 amide bonds. The number of thiocarbonyl (C=S) groups is 1. The fraction of sp³-hybridized carbons (Fsp3) is 0.455. The number of rotatable bonds is 2. The van der Waals surface area contributed by atoms with Crippen LogP contribution in [0.15, 0.2) is 23.6 Å². The van der Waals surface area contributed by atoms with Gasteiger partial charge < -0.3 is 14.4 Å². The van der Waals surface area contributed by atoms with Crippen molar-refractivity contribution in [3.05, 3.63) is 23.6 Å². The summed E-state index contributed by atoms with van der Waals surface area (Å²) in [6.07, 6.45) is 1.83. The standard InChI is InChI=1S/C11H14N2O3S/c1-4-12-6-7(3)15-10(12)8-9(14)13(5-2)11(17)16-8/h6H,4-5H2,1-3H3/b10-8-. The van der Waals surface area contributed by atoms with Crippen molar-refractivity contribution in [1.29, 1.82) is 0 Å². The fourth-order valence-corrected chi connectivity index (χ4v) is 2.02. The smallest absolute Gasteiger partial charge is 0.302 e. The number of hydrogen-bond acceptors (Lipinski definition) is 5. The molecule has 1 saturated heterocycles. The minimum absolute atomic E-state index is 0.173. The molecule has 2 heterocycles. The Bertz CT molecular complexity index is 442. The molecule has 0 aromatic carbocycles. The molecule has 2 aliphatic rings. The number of amides is 1. The average Bonchev–Trinajstić information content (AvgIpc) is 2.79. The number of likely N-dealkylation sites (N-methyl/N-ethyl adjacent to an activating group) is 1. The van der Waals surface area contributed by atoms with Gasteiger partial charge in [0.15, 0.2) is 0 Å². The Kier molecular flexibility index (Phi) is 3.06. The Labute approximate surface area is 105 Å². The minimum atomic E-state index is -0.242. The largest absolute Gasteiger partial charge is 0.440 e. The summed E-state index contributed by atoms with van der Waals surface area (Å²) in [6.45, 7) is 6.83. The molecule has 0 atom stereocenters. The monoisotopic (exact) mass is 254 g/mol. The van der Waals surface area contributed by atoms with Crippen molar-refractivity contribution in [3.8, 4) is 0 Å². The van der Waals surface area contributed by atoms with Crippen LogP contribution in [0.1, 0.15) is 20.8 Å². The number of ether oxygens (including phenoxy) is 2. The molecule has 92 valence electrons. The summed E-state index contributed by atoms with van der Waals surface area (Å²) in [5, 5.41) is 0.184. The van der Waals surface area contributed by atoms with Gasteiger partial charge in [0.25, 0.3) is 10.9 Å². The molecule has 17 heavy (non-hydrogen) atoms. The van der Waals surface area contributed by atoms with Crippen molar-refractivity contribution in [2.45, 2.75) is 20.8 Å². The molecule has 0 bridgehead atoms. The van der Waals surface area contributed by atoms with Crippen LogP contribution in [0.3, 0.4) is 0 Å². The zero-order chi connectivity index (χ0) is 12.6. The Morgan fingerprint density at radius 2 is 2.00 bits per heavy atom. The highest BCUT2D eigenvalue weighted by atomic mass is 32.1. The molecule has 2 rings (SSSR count). The summed E-state index contributed by atoms with van der Waals surface area (Å²) in [5.41, 5.74) is 0. The highest BCUT2D eigenvalue weighted by Crippen LogP contribution is 2.29. The lowest BCUT2D eigenvalue weighted by molar-refractivity contribution is -0.123. The molecule has 0 spiro atoms. The Hall–Kier alpha value is -1.56. The molecule has 5 nitrogen and oxygen atoms in total. The van der Waals surface area contributed by atoms with Gasteiger partial charge in [-0.1, -0.05) is 0 Å². The maximum atomic E-state index is 12.0. The molecular weight excluding hydrogens is 240 g/mol.